The van der Waals surface area contributed by atoms with Gasteiger partial charge in [-0.2, -0.15) is 5.26 Å². The van der Waals surface area contributed by atoms with Gasteiger partial charge in [0.15, 0.2) is 0 Å². The van der Waals surface area contributed by atoms with E-state index in [2.05, 4.69) is 12.2 Å². The van der Waals surface area contributed by atoms with Gasteiger partial charge in [0, 0.05) is 17.7 Å². The van der Waals surface area contributed by atoms with Crippen molar-refractivity contribution in [1.82, 2.24) is 5.32 Å². The van der Waals surface area contributed by atoms with Crippen molar-refractivity contribution in [3.05, 3.63) is 45.0 Å². The zero-order valence-corrected chi connectivity index (χ0v) is 13.9. The second kappa shape index (κ2) is 7.73. The maximum absolute atomic E-state index is 12.3. The molecule has 6 heteroatoms. The quantitative estimate of drug-likeness (QED) is 0.396. The maximum Gasteiger partial charge on any atom is 0.272 e. The zero-order chi connectivity index (χ0) is 17.7. The molecule has 1 aliphatic carbocycles. The van der Waals surface area contributed by atoms with E-state index in [-0.39, 0.29) is 17.3 Å². The molecule has 6 nitrogen and oxygen atoms in total. The van der Waals surface area contributed by atoms with Crippen molar-refractivity contribution in [1.29, 1.82) is 5.26 Å². The summed E-state index contributed by atoms with van der Waals surface area (Å²) >= 11 is 0. The van der Waals surface area contributed by atoms with Crippen LogP contribution < -0.4 is 5.32 Å². The van der Waals surface area contributed by atoms with E-state index in [0.717, 1.165) is 19.3 Å². The van der Waals surface area contributed by atoms with E-state index in [1.807, 2.05) is 6.07 Å². The second-order valence-electron chi connectivity index (χ2n) is 6.31. The van der Waals surface area contributed by atoms with Crippen LogP contribution in [0.3, 0.4) is 0 Å². The van der Waals surface area contributed by atoms with Crippen LogP contribution in [0, 0.1) is 34.3 Å². The summed E-state index contributed by atoms with van der Waals surface area (Å²) in [7, 11) is 0. The Morgan fingerprint density at radius 2 is 2.12 bits per heavy atom. The first-order valence-corrected chi connectivity index (χ1v) is 8.10. The minimum Gasteiger partial charge on any atom is -0.348 e. The van der Waals surface area contributed by atoms with Crippen molar-refractivity contribution in [2.24, 2.45) is 5.92 Å². The Morgan fingerprint density at radius 1 is 1.42 bits per heavy atom. The van der Waals surface area contributed by atoms with E-state index >= 15 is 0 Å². The molecule has 0 saturated heterocycles. The molecular weight excluding hydrogens is 306 g/mol. The van der Waals surface area contributed by atoms with Crippen molar-refractivity contribution in [2.75, 3.05) is 0 Å². The van der Waals surface area contributed by atoms with E-state index < -0.39 is 10.8 Å². The van der Waals surface area contributed by atoms with E-state index in [0.29, 0.717) is 17.0 Å². The number of hydrogen-bond donors (Lipinski definition) is 1. The van der Waals surface area contributed by atoms with Gasteiger partial charge in [-0.15, -0.1) is 0 Å². The van der Waals surface area contributed by atoms with Crippen LogP contribution in [0.5, 0.6) is 0 Å². The predicted octanol–water partition coefficient (Wildman–Crippen LogP) is 3.51. The van der Waals surface area contributed by atoms with E-state index in [1.165, 1.54) is 18.6 Å². The van der Waals surface area contributed by atoms with Crippen LogP contribution in [0.2, 0.25) is 0 Å². The molecule has 24 heavy (non-hydrogen) atoms. The Labute approximate surface area is 141 Å². The summed E-state index contributed by atoms with van der Waals surface area (Å²) in [5.41, 5.74) is 0.945. The van der Waals surface area contributed by atoms with Gasteiger partial charge < -0.3 is 5.32 Å². The van der Waals surface area contributed by atoms with Gasteiger partial charge in [0.2, 0.25) is 0 Å². The van der Waals surface area contributed by atoms with Gasteiger partial charge >= 0.3 is 0 Å². The lowest BCUT2D eigenvalue weighted by Crippen LogP contribution is -2.41. The normalized spacial score (nSPS) is 21.0. The van der Waals surface area contributed by atoms with Crippen LogP contribution in [0.15, 0.2) is 23.8 Å². The fraction of sp³-hybridized carbons (Fsp3) is 0.444. The van der Waals surface area contributed by atoms with Crippen LogP contribution in [-0.2, 0) is 4.79 Å². The third kappa shape index (κ3) is 4.19. The van der Waals surface area contributed by atoms with Crippen molar-refractivity contribution in [2.45, 2.75) is 45.6 Å². The monoisotopic (exact) mass is 327 g/mol. The molecule has 1 saturated carbocycles. The van der Waals surface area contributed by atoms with Gasteiger partial charge in [-0.05, 0) is 37.3 Å². The minimum atomic E-state index is -0.470. The first kappa shape index (κ1) is 17.7. The van der Waals surface area contributed by atoms with Crippen LogP contribution in [0.4, 0.5) is 5.69 Å². The highest BCUT2D eigenvalue weighted by Crippen LogP contribution is 2.24. The standard InChI is InChI=1S/C18H21N3O3/c1-12-5-3-4-6-16(12)20-18(22)15(11-19)9-14-8-7-13(2)17(10-14)21(23)24/h7-10,12,16H,3-6H2,1-2H3,(H,20,22)/b15-9+/t12-,16-/m1/s1. The number of amides is 1. The number of nitriles is 1. The molecule has 0 unspecified atom stereocenters. The number of rotatable bonds is 4. The summed E-state index contributed by atoms with van der Waals surface area (Å²) in [6.07, 6.45) is 5.63. The summed E-state index contributed by atoms with van der Waals surface area (Å²) in [5.74, 6) is -0.0254. The first-order valence-electron chi connectivity index (χ1n) is 8.10. The lowest BCUT2D eigenvalue weighted by Gasteiger charge is -2.29. The first-order chi connectivity index (χ1) is 11.4. The molecule has 0 aliphatic heterocycles. The maximum atomic E-state index is 12.3. The van der Waals surface area contributed by atoms with Crippen molar-refractivity contribution >= 4 is 17.7 Å². The molecule has 1 fully saturated rings. The largest absolute Gasteiger partial charge is 0.348 e. The van der Waals surface area contributed by atoms with E-state index in [4.69, 9.17) is 0 Å². The molecule has 0 aromatic heterocycles. The number of nitrogens with one attached hydrogen (secondary N) is 1. The average molecular weight is 327 g/mol. The number of benzene rings is 1. The van der Waals surface area contributed by atoms with E-state index in [1.54, 1.807) is 19.1 Å². The zero-order valence-electron chi connectivity index (χ0n) is 13.9. The number of aryl methyl sites for hydroxylation is 1. The number of nitro groups is 1. The third-order valence-electron chi connectivity index (χ3n) is 4.53. The smallest absolute Gasteiger partial charge is 0.272 e. The highest BCUT2D eigenvalue weighted by molar-refractivity contribution is 6.01. The molecule has 1 aromatic rings. The van der Waals surface area contributed by atoms with E-state index in [9.17, 15) is 20.2 Å². The van der Waals surface area contributed by atoms with Crippen molar-refractivity contribution in [3.8, 4) is 6.07 Å². The fourth-order valence-corrected chi connectivity index (χ4v) is 3.00. The Morgan fingerprint density at radius 3 is 2.75 bits per heavy atom. The van der Waals surface area contributed by atoms with Gasteiger partial charge in [-0.25, -0.2) is 0 Å². The number of nitro benzene ring substituents is 1. The minimum absolute atomic E-state index is 0.0256. The lowest BCUT2D eigenvalue weighted by molar-refractivity contribution is -0.385. The molecule has 0 heterocycles. The summed E-state index contributed by atoms with van der Waals surface area (Å²) in [6.45, 7) is 3.75. The second-order valence-corrected chi connectivity index (χ2v) is 6.31. The van der Waals surface area contributed by atoms with Crippen molar-refractivity contribution in [3.63, 3.8) is 0 Å². The van der Waals surface area contributed by atoms with Crippen LogP contribution in [0.1, 0.15) is 43.7 Å². The highest BCUT2D eigenvalue weighted by atomic mass is 16.6. The molecule has 0 bridgehead atoms. The topological polar surface area (TPSA) is 96.0 Å². The molecule has 2 rings (SSSR count). The molecule has 1 amide bonds. The number of hydrogen-bond acceptors (Lipinski definition) is 4. The van der Waals surface area contributed by atoms with Gasteiger partial charge in [0.25, 0.3) is 11.6 Å². The van der Waals surface area contributed by atoms with Gasteiger partial charge in [0.1, 0.15) is 11.6 Å². The lowest BCUT2D eigenvalue weighted by atomic mass is 9.86. The van der Waals surface area contributed by atoms with Gasteiger partial charge in [-0.1, -0.05) is 31.9 Å². The Hall–Kier alpha value is -2.68. The molecule has 126 valence electrons. The van der Waals surface area contributed by atoms with Crippen LogP contribution >= 0.6 is 0 Å². The molecule has 2 atom stereocenters. The molecule has 0 spiro atoms. The summed E-state index contributed by atoms with van der Waals surface area (Å²) in [5, 5.41) is 23.2. The SMILES string of the molecule is Cc1ccc(/C=C(\C#N)C(=O)N[C@@H]2CCCC[C@H]2C)cc1[N+](=O)[O-]. The predicted molar refractivity (Wildman–Crippen MR) is 91.0 cm³/mol. The summed E-state index contributed by atoms with van der Waals surface area (Å²) in [6, 6.07) is 6.63. The summed E-state index contributed by atoms with van der Waals surface area (Å²) < 4.78 is 0. The Kier molecular flexibility index (Phi) is 5.69. The fourth-order valence-electron chi connectivity index (χ4n) is 3.00. The number of carbonyl (C=O) groups is 1. The molecule has 0 radical (unpaired) electrons. The number of carbonyl (C=O) groups excluding carboxylic acids is 1. The van der Waals surface area contributed by atoms with Crippen LogP contribution in [0.25, 0.3) is 6.08 Å². The molecular formula is C18H21N3O3. The highest BCUT2D eigenvalue weighted by Gasteiger charge is 2.24. The Bertz CT molecular complexity index is 719. The number of nitrogens with zero attached hydrogens (tertiary/aromatic N) is 2. The van der Waals surface area contributed by atoms with Gasteiger partial charge in [0.05, 0.1) is 4.92 Å². The van der Waals surface area contributed by atoms with Crippen molar-refractivity contribution < 1.29 is 9.72 Å². The molecule has 1 aromatic carbocycles. The average Bonchev–Trinajstić information content (AvgIpc) is 2.55. The summed E-state index contributed by atoms with van der Waals surface area (Å²) in [4.78, 5) is 22.9. The molecule has 1 N–H and O–H groups in total. The van der Waals surface area contributed by atoms with Gasteiger partial charge in [-0.3, -0.25) is 14.9 Å². The molecule has 1 aliphatic rings. The van der Waals surface area contributed by atoms with Crippen LogP contribution in [-0.4, -0.2) is 16.9 Å². The Balaban J connectivity index is 2.19. The third-order valence-corrected chi connectivity index (χ3v) is 4.53.